The van der Waals surface area contributed by atoms with Gasteiger partial charge in [-0.3, -0.25) is 14.7 Å². The van der Waals surface area contributed by atoms with Gasteiger partial charge in [-0.15, -0.1) is 0 Å². The summed E-state index contributed by atoms with van der Waals surface area (Å²) >= 11 is 0. The largest absolute Gasteiger partial charge is 0.500 e. The molecule has 0 aliphatic heterocycles. The summed E-state index contributed by atoms with van der Waals surface area (Å²) in [5, 5.41) is 30.7. The number of rotatable bonds is 8. The molecule has 2 unspecified atom stereocenters. The Bertz CT molecular complexity index is 593. The molecule has 5 N–H and O–H groups in total. The van der Waals surface area contributed by atoms with Crippen LogP contribution in [0.25, 0.3) is 0 Å². The summed E-state index contributed by atoms with van der Waals surface area (Å²) in [7, 11) is -4.04. The molecule has 2 atom stereocenters. The van der Waals surface area contributed by atoms with Gasteiger partial charge in [-0.05, 0) is 19.4 Å². The van der Waals surface area contributed by atoms with Gasteiger partial charge in [0.1, 0.15) is 0 Å². The van der Waals surface area contributed by atoms with Crippen molar-refractivity contribution in [2.75, 3.05) is 12.8 Å². The molecule has 1 rings (SSSR count). The molecular weight excluding hydrogens is 315 g/mol. The first-order valence-corrected chi connectivity index (χ1v) is 8.33. The van der Waals surface area contributed by atoms with Crippen molar-refractivity contribution < 1.29 is 29.3 Å². The first-order chi connectivity index (χ1) is 10.2. The highest BCUT2D eigenvalue weighted by atomic mass is 31.2. The van der Waals surface area contributed by atoms with Crippen LogP contribution in [0.4, 0.5) is 5.69 Å². The predicted octanol–water partition coefficient (Wildman–Crippen LogP) is 1.47. The number of nitro groups is 1. The number of phenols is 1. The third kappa shape index (κ3) is 4.17. The van der Waals surface area contributed by atoms with Gasteiger partial charge in [-0.1, -0.05) is 0 Å². The van der Waals surface area contributed by atoms with Crippen LogP contribution in [0.1, 0.15) is 24.8 Å². The number of hydrogen-bond donors (Lipinski definition) is 4. The maximum atomic E-state index is 12.1. The van der Waals surface area contributed by atoms with Gasteiger partial charge in [0, 0.05) is 24.3 Å². The standard InChI is InChI=1S/C12H18N2O7P/c1-2-21-10-7-8(6-9(11(10)15)14(17)18)12(16)22(19,20)5-3-4-13/h4,6-7,12,15-16H,2-3,5,13H2,1H3,(H,19,20). The van der Waals surface area contributed by atoms with E-state index in [0.29, 0.717) is 0 Å². The van der Waals surface area contributed by atoms with Crippen LogP contribution >= 0.6 is 7.37 Å². The van der Waals surface area contributed by atoms with Crippen molar-refractivity contribution in [3.8, 4) is 11.5 Å². The number of aliphatic hydroxyl groups is 1. The molecule has 1 aromatic rings. The summed E-state index contributed by atoms with van der Waals surface area (Å²) < 4.78 is 17.1. The molecule has 123 valence electrons. The molecule has 0 aliphatic carbocycles. The molecule has 0 saturated heterocycles. The number of aliphatic hydroxyl groups excluding tert-OH is 1. The van der Waals surface area contributed by atoms with Crippen LogP contribution in [0, 0.1) is 16.7 Å². The fourth-order valence-corrected chi connectivity index (χ4v) is 3.16. The SMILES string of the molecule is CCOc1cc(C(O)P(=O)(O)CC[CH]N)cc([N+](=O)[O-])c1O. The zero-order chi connectivity index (χ0) is 16.9. The fourth-order valence-electron chi connectivity index (χ4n) is 1.78. The molecule has 0 aromatic heterocycles. The van der Waals surface area contributed by atoms with Crippen molar-refractivity contribution in [2.45, 2.75) is 19.2 Å². The van der Waals surface area contributed by atoms with Gasteiger partial charge >= 0.3 is 5.69 Å². The number of ether oxygens (including phenoxy) is 1. The van der Waals surface area contributed by atoms with Crippen LogP contribution in [-0.4, -0.2) is 32.8 Å². The van der Waals surface area contributed by atoms with Crippen LogP contribution in [-0.2, 0) is 4.57 Å². The maximum Gasteiger partial charge on any atom is 0.315 e. The fraction of sp³-hybridized carbons (Fsp3) is 0.417. The van der Waals surface area contributed by atoms with E-state index in [0.717, 1.165) is 12.1 Å². The molecule has 0 fully saturated rings. The van der Waals surface area contributed by atoms with Crippen molar-refractivity contribution in [3.05, 3.63) is 34.4 Å². The zero-order valence-corrected chi connectivity index (χ0v) is 12.8. The minimum atomic E-state index is -4.04. The van der Waals surface area contributed by atoms with Gasteiger partial charge in [0.2, 0.25) is 13.1 Å². The van der Waals surface area contributed by atoms with Crippen LogP contribution in [0.5, 0.6) is 11.5 Å². The molecule has 0 saturated carbocycles. The Hall–Kier alpha value is -1.67. The van der Waals surface area contributed by atoms with Gasteiger partial charge in [0.15, 0.2) is 11.6 Å². The highest BCUT2D eigenvalue weighted by Crippen LogP contribution is 2.55. The molecule has 10 heteroatoms. The number of hydrogen-bond acceptors (Lipinski definition) is 7. The number of benzene rings is 1. The Morgan fingerprint density at radius 2 is 2.18 bits per heavy atom. The van der Waals surface area contributed by atoms with E-state index < -0.39 is 29.6 Å². The summed E-state index contributed by atoms with van der Waals surface area (Å²) in [5.41, 5.74) is 4.24. The minimum absolute atomic E-state index is 0.101. The lowest BCUT2D eigenvalue weighted by atomic mass is 10.2. The predicted molar refractivity (Wildman–Crippen MR) is 78.7 cm³/mol. The maximum absolute atomic E-state index is 12.1. The summed E-state index contributed by atoms with van der Waals surface area (Å²) in [4.78, 5) is 19.9. The second kappa shape index (κ2) is 7.55. The molecular formula is C12H18N2O7P. The van der Waals surface area contributed by atoms with E-state index >= 15 is 0 Å². The van der Waals surface area contributed by atoms with Crippen LogP contribution in [0.2, 0.25) is 0 Å². The summed E-state index contributed by atoms with van der Waals surface area (Å²) in [6.07, 6.45) is -0.174. The van der Waals surface area contributed by atoms with E-state index in [1.165, 1.54) is 6.54 Å². The van der Waals surface area contributed by atoms with Crippen molar-refractivity contribution in [1.29, 1.82) is 0 Å². The van der Waals surface area contributed by atoms with E-state index in [1.807, 2.05) is 0 Å². The molecule has 0 amide bonds. The third-order valence-electron chi connectivity index (χ3n) is 2.87. The van der Waals surface area contributed by atoms with Crippen LogP contribution in [0.3, 0.4) is 0 Å². The van der Waals surface area contributed by atoms with Crippen molar-refractivity contribution in [2.24, 2.45) is 5.73 Å². The Morgan fingerprint density at radius 1 is 1.55 bits per heavy atom. The Kier molecular flexibility index (Phi) is 6.31. The number of nitrogens with two attached hydrogens (primary N) is 1. The quantitative estimate of drug-likeness (QED) is 0.316. The minimum Gasteiger partial charge on any atom is -0.500 e. The van der Waals surface area contributed by atoms with E-state index in [1.54, 1.807) is 6.92 Å². The number of phenolic OH excluding ortho intramolecular Hbond substituents is 1. The first kappa shape index (κ1) is 18.4. The monoisotopic (exact) mass is 333 g/mol. The molecule has 1 aromatic carbocycles. The lowest BCUT2D eigenvalue weighted by Gasteiger charge is -2.19. The summed E-state index contributed by atoms with van der Waals surface area (Å²) in [5.74, 6) is -2.78. The molecule has 1 radical (unpaired) electrons. The van der Waals surface area contributed by atoms with E-state index in [4.69, 9.17) is 10.5 Å². The Morgan fingerprint density at radius 3 is 2.68 bits per heavy atom. The van der Waals surface area contributed by atoms with Gasteiger partial charge < -0.3 is 25.6 Å². The molecule has 0 spiro atoms. The normalized spacial score (nSPS) is 15.1. The Labute approximate surface area is 126 Å². The zero-order valence-electron chi connectivity index (χ0n) is 11.9. The van der Waals surface area contributed by atoms with Gasteiger partial charge in [-0.2, -0.15) is 0 Å². The number of nitrogens with zero attached hydrogens (tertiary/aromatic N) is 1. The molecule has 0 aliphatic rings. The van der Waals surface area contributed by atoms with E-state index in [2.05, 4.69) is 0 Å². The average molecular weight is 333 g/mol. The van der Waals surface area contributed by atoms with E-state index in [9.17, 15) is 29.8 Å². The topological polar surface area (TPSA) is 156 Å². The second-order valence-corrected chi connectivity index (χ2v) is 6.90. The number of aromatic hydroxyl groups is 1. The van der Waals surface area contributed by atoms with Crippen molar-refractivity contribution in [1.82, 2.24) is 0 Å². The smallest absolute Gasteiger partial charge is 0.315 e. The second-order valence-electron chi connectivity index (χ2n) is 4.45. The number of nitro benzene ring substituents is 1. The summed E-state index contributed by atoms with van der Waals surface area (Å²) in [6.45, 7) is 2.89. The summed E-state index contributed by atoms with van der Waals surface area (Å²) in [6, 6.07) is 1.95. The highest BCUT2D eigenvalue weighted by molar-refractivity contribution is 7.58. The Balaban J connectivity index is 3.28. The van der Waals surface area contributed by atoms with Gasteiger partial charge in [0.05, 0.1) is 11.5 Å². The van der Waals surface area contributed by atoms with E-state index in [-0.39, 0.29) is 30.5 Å². The lowest BCUT2D eigenvalue weighted by molar-refractivity contribution is -0.386. The first-order valence-electron chi connectivity index (χ1n) is 6.41. The van der Waals surface area contributed by atoms with Gasteiger partial charge in [-0.25, -0.2) is 0 Å². The highest BCUT2D eigenvalue weighted by Gasteiger charge is 2.33. The molecule has 0 bridgehead atoms. The van der Waals surface area contributed by atoms with Crippen molar-refractivity contribution >= 4 is 13.1 Å². The van der Waals surface area contributed by atoms with Crippen molar-refractivity contribution in [3.63, 3.8) is 0 Å². The van der Waals surface area contributed by atoms with Crippen LogP contribution in [0.15, 0.2) is 12.1 Å². The molecule has 9 nitrogen and oxygen atoms in total. The molecule has 0 heterocycles. The van der Waals surface area contributed by atoms with Crippen LogP contribution < -0.4 is 10.5 Å². The lowest BCUT2D eigenvalue weighted by Crippen LogP contribution is -2.06. The third-order valence-corrected chi connectivity index (χ3v) is 4.83. The van der Waals surface area contributed by atoms with Gasteiger partial charge in [0.25, 0.3) is 0 Å². The average Bonchev–Trinajstić information content (AvgIpc) is 2.46. The molecule has 22 heavy (non-hydrogen) atoms.